The summed E-state index contributed by atoms with van der Waals surface area (Å²) in [6, 6.07) is 1.71. The van der Waals surface area contributed by atoms with Crippen LogP contribution in [-0.4, -0.2) is 12.7 Å². The van der Waals surface area contributed by atoms with E-state index < -0.39 is 0 Å². The summed E-state index contributed by atoms with van der Waals surface area (Å²) in [4.78, 5) is 0. The minimum atomic E-state index is -0.278. The van der Waals surface area contributed by atoms with E-state index >= 15 is 8.78 Å². The Hall–Kier alpha value is -1.22. The highest BCUT2D eigenvalue weighted by Crippen LogP contribution is 2.48. The second-order valence-corrected chi connectivity index (χ2v) is 10.8. The maximum atomic E-state index is 15.6. The number of benzene rings is 1. The third kappa shape index (κ3) is 5.46. The molecule has 178 valence electrons. The first-order valence-corrected chi connectivity index (χ1v) is 13.3. The van der Waals surface area contributed by atoms with Gasteiger partial charge >= 0.3 is 0 Å². The minimum Gasteiger partial charge on any atom is -0.374 e. The van der Waals surface area contributed by atoms with Gasteiger partial charge in [0.15, 0.2) is 0 Å². The summed E-state index contributed by atoms with van der Waals surface area (Å²) in [5.41, 5.74) is 2.19. The Bertz CT molecular complexity index is 773. The van der Waals surface area contributed by atoms with E-state index in [0.717, 1.165) is 68.9 Å². The SMILES string of the molecule is C=CCOC1CCC2CC(c3c(F)cc4c(c3F)CCC(CCCCCC)C4)CCC2C1. The molecular weight excluding hydrogens is 402 g/mol. The largest absolute Gasteiger partial charge is 0.374 e. The predicted molar refractivity (Wildman–Crippen MR) is 128 cm³/mol. The molecule has 3 aliphatic rings. The van der Waals surface area contributed by atoms with Gasteiger partial charge in [-0.2, -0.15) is 0 Å². The maximum Gasteiger partial charge on any atom is 0.133 e. The average Bonchev–Trinajstić information content (AvgIpc) is 2.80. The van der Waals surface area contributed by atoms with Crippen molar-refractivity contribution >= 4 is 0 Å². The van der Waals surface area contributed by atoms with Crippen molar-refractivity contribution in [2.24, 2.45) is 17.8 Å². The molecule has 1 aromatic carbocycles. The second-order valence-electron chi connectivity index (χ2n) is 10.8. The topological polar surface area (TPSA) is 9.23 Å². The van der Waals surface area contributed by atoms with Crippen molar-refractivity contribution in [1.82, 2.24) is 0 Å². The summed E-state index contributed by atoms with van der Waals surface area (Å²) in [5.74, 6) is 1.39. The van der Waals surface area contributed by atoms with Gasteiger partial charge in [-0.3, -0.25) is 0 Å². The number of fused-ring (bicyclic) bond motifs is 2. The van der Waals surface area contributed by atoms with Gasteiger partial charge in [-0.1, -0.05) is 45.1 Å². The van der Waals surface area contributed by atoms with Crippen LogP contribution in [0.1, 0.15) is 107 Å². The Morgan fingerprint density at radius 1 is 1.03 bits per heavy atom. The van der Waals surface area contributed by atoms with E-state index in [1.54, 1.807) is 6.07 Å². The van der Waals surface area contributed by atoms with Crippen LogP contribution in [0.3, 0.4) is 0 Å². The van der Waals surface area contributed by atoms with Crippen LogP contribution in [0.4, 0.5) is 8.78 Å². The number of halogens is 2. The number of ether oxygens (including phenoxy) is 1. The molecule has 1 nitrogen and oxygen atoms in total. The smallest absolute Gasteiger partial charge is 0.133 e. The number of rotatable bonds is 9. The van der Waals surface area contributed by atoms with E-state index in [1.165, 1.54) is 32.1 Å². The number of hydrogen-bond acceptors (Lipinski definition) is 1. The van der Waals surface area contributed by atoms with Gasteiger partial charge in [0, 0.05) is 5.56 Å². The Labute approximate surface area is 194 Å². The Balaban J connectivity index is 1.40. The van der Waals surface area contributed by atoms with Crippen LogP contribution < -0.4 is 0 Å². The van der Waals surface area contributed by atoms with Gasteiger partial charge in [-0.25, -0.2) is 8.78 Å². The summed E-state index contributed by atoms with van der Waals surface area (Å²) in [6.45, 7) is 6.60. The summed E-state index contributed by atoms with van der Waals surface area (Å²) in [5, 5.41) is 0. The van der Waals surface area contributed by atoms with Gasteiger partial charge < -0.3 is 4.74 Å². The highest BCUT2D eigenvalue weighted by atomic mass is 19.1. The lowest BCUT2D eigenvalue weighted by atomic mass is 9.65. The van der Waals surface area contributed by atoms with E-state index in [2.05, 4.69) is 13.5 Å². The lowest BCUT2D eigenvalue weighted by Gasteiger charge is -2.42. The molecule has 5 atom stereocenters. The molecule has 1 aromatic rings. The molecule has 0 radical (unpaired) electrons. The monoisotopic (exact) mass is 444 g/mol. The third-order valence-corrected chi connectivity index (χ3v) is 8.65. The lowest BCUT2D eigenvalue weighted by molar-refractivity contribution is -0.00341. The molecule has 5 unspecified atom stereocenters. The molecule has 0 aliphatic heterocycles. The van der Waals surface area contributed by atoms with E-state index in [-0.39, 0.29) is 17.6 Å². The molecule has 32 heavy (non-hydrogen) atoms. The molecule has 0 N–H and O–H groups in total. The molecule has 0 saturated heterocycles. The predicted octanol–water partition coefficient (Wildman–Crippen LogP) is 8.30. The van der Waals surface area contributed by atoms with E-state index in [1.807, 2.05) is 6.08 Å². The molecule has 4 rings (SSSR count). The number of hydrogen-bond donors (Lipinski definition) is 0. The zero-order chi connectivity index (χ0) is 22.5. The zero-order valence-electron chi connectivity index (χ0n) is 20.0. The normalized spacial score (nSPS) is 29.9. The van der Waals surface area contributed by atoms with Crippen LogP contribution in [0.2, 0.25) is 0 Å². The summed E-state index contributed by atoms with van der Waals surface area (Å²) in [7, 11) is 0. The molecule has 2 saturated carbocycles. The third-order valence-electron chi connectivity index (χ3n) is 8.65. The second kappa shape index (κ2) is 11.3. The van der Waals surface area contributed by atoms with E-state index in [9.17, 15) is 0 Å². The van der Waals surface area contributed by atoms with Gasteiger partial charge in [0.2, 0.25) is 0 Å². The molecule has 3 heteroatoms. The van der Waals surface area contributed by atoms with Gasteiger partial charge in [0.1, 0.15) is 11.6 Å². The van der Waals surface area contributed by atoms with Crippen molar-refractivity contribution in [3.63, 3.8) is 0 Å². The van der Waals surface area contributed by atoms with E-state index in [0.29, 0.717) is 36.0 Å². The Morgan fingerprint density at radius 2 is 1.84 bits per heavy atom. The number of unbranched alkanes of at least 4 members (excludes halogenated alkanes) is 3. The van der Waals surface area contributed by atoms with Gasteiger partial charge in [0.05, 0.1) is 12.7 Å². The average molecular weight is 445 g/mol. The first kappa shape index (κ1) is 23.9. The fourth-order valence-electron chi connectivity index (χ4n) is 6.88. The van der Waals surface area contributed by atoms with Crippen LogP contribution in [0, 0.1) is 29.4 Å². The van der Waals surface area contributed by atoms with Crippen molar-refractivity contribution in [2.45, 2.75) is 109 Å². The summed E-state index contributed by atoms with van der Waals surface area (Å²) < 4.78 is 36.8. The molecule has 0 amide bonds. The maximum absolute atomic E-state index is 15.6. The van der Waals surface area contributed by atoms with Crippen LogP contribution in [0.25, 0.3) is 0 Å². The molecule has 0 spiro atoms. The van der Waals surface area contributed by atoms with Crippen molar-refractivity contribution < 1.29 is 13.5 Å². The quantitative estimate of drug-likeness (QED) is 0.275. The van der Waals surface area contributed by atoms with Gasteiger partial charge in [-0.05, 0) is 98.7 Å². The highest BCUT2D eigenvalue weighted by molar-refractivity contribution is 5.39. The summed E-state index contributed by atoms with van der Waals surface area (Å²) >= 11 is 0. The lowest BCUT2D eigenvalue weighted by Crippen LogP contribution is -2.34. The fourth-order valence-corrected chi connectivity index (χ4v) is 6.88. The molecular formula is C29H42F2O. The standard InChI is InChI=1S/C29H42F2O/c1-3-5-6-7-8-20-9-14-26-24(16-20)19-27(30)28(29(26)31)23-11-10-22-18-25(32-15-4-2)13-12-21(22)17-23/h4,19-23,25H,2-3,5-18H2,1H3. The molecule has 0 bridgehead atoms. The molecule has 2 fully saturated rings. The van der Waals surface area contributed by atoms with Crippen LogP contribution in [0.5, 0.6) is 0 Å². The Morgan fingerprint density at radius 3 is 2.66 bits per heavy atom. The fraction of sp³-hybridized carbons (Fsp3) is 0.724. The van der Waals surface area contributed by atoms with Gasteiger partial charge in [-0.15, -0.1) is 6.58 Å². The van der Waals surface area contributed by atoms with E-state index in [4.69, 9.17) is 4.74 Å². The minimum absolute atomic E-state index is 0.0407. The molecule has 0 heterocycles. The first-order chi connectivity index (χ1) is 15.6. The summed E-state index contributed by atoms with van der Waals surface area (Å²) in [6.07, 6.45) is 17.3. The van der Waals surface area contributed by atoms with Crippen molar-refractivity contribution in [3.05, 3.63) is 47.0 Å². The van der Waals surface area contributed by atoms with Crippen LogP contribution >= 0.6 is 0 Å². The Kier molecular flexibility index (Phi) is 8.43. The van der Waals surface area contributed by atoms with Crippen molar-refractivity contribution in [2.75, 3.05) is 6.61 Å². The van der Waals surface area contributed by atoms with Crippen molar-refractivity contribution in [1.29, 1.82) is 0 Å². The van der Waals surface area contributed by atoms with Crippen LogP contribution in [-0.2, 0) is 17.6 Å². The zero-order valence-corrected chi connectivity index (χ0v) is 20.0. The molecule has 3 aliphatic carbocycles. The first-order valence-electron chi connectivity index (χ1n) is 13.3. The van der Waals surface area contributed by atoms with Crippen LogP contribution in [0.15, 0.2) is 18.7 Å². The molecule has 0 aromatic heterocycles. The van der Waals surface area contributed by atoms with Crippen molar-refractivity contribution in [3.8, 4) is 0 Å². The van der Waals surface area contributed by atoms with Gasteiger partial charge in [0.25, 0.3) is 0 Å². The highest BCUT2D eigenvalue weighted by Gasteiger charge is 2.38.